The maximum atomic E-state index is 11.3. The van der Waals surface area contributed by atoms with Crippen molar-refractivity contribution in [3.8, 4) is 0 Å². The normalized spacial score (nSPS) is 10.7. The Labute approximate surface area is 86.3 Å². The van der Waals surface area contributed by atoms with E-state index in [-0.39, 0.29) is 5.56 Å². The van der Waals surface area contributed by atoms with Crippen LogP contribution in [0, 0.1) is 0 Å². The monoisotopic (exact) mass is 199 g/mol. The third-order valence-corrected chi connectivity index (χ3v) is 1.88. The average molecular weight is 199 g/mol. The molecule has 0 radical (unpaired) electrons. The van der Waals surface area contributed by atoms with Crippen molar-refractivity contribution in [2.45, 2.75) is 0 Å². The Kier molecular flexibility index (Phi) is 2.69. The number of H-pyrrole nitrogens is 1. The molecule has 0 aliphatic heterocycles. The number of hydrogen-bond acceptors (Lipinski definition) is 3. The second-order valence-corrected chi connectivity index (χ2v) is 2.93. The van der Waals surface area contributed by atoms with Crippen LogP contribution in [0.25, 0.3) is 12.2 Å². The van der Waals surface area contributed by atoms with Crippen LogP contribution >= 0.6 is 0 Å². The first-order valence-electron chi connectivity index (χ1n) is 4.49. The molecule has 0 atom stereocenters. The minimum atomic E-state index is -0.204. The summed E-state index contributed by atoms with van der Waals surface area (Å²) in [5.41, 5.74) is 1.18. The van der Waals surface area contributed by atoms with E-state index < -0.39 is 0 Å². The van der Waals surface area contributed by atoms with E-state index in [1.807, 2.05) is 18.2 Å². The van der Waals surface area contributed by atoms with E-state index in [1.54, 1.807) is 30.6 Å². The fourth-order valence-electron chi connectivity index (χ4n) is 1.13. The van der Waals surface area contributed by atoms with Crippen LogP contribution in [0.3, 0.4) is 0 Å². The highest BCUT2D eigenvalue weighted by molar-refractivity contribution is 5.67. The summed E-state index contributed by atoms with van der Waals surface area (Å²) in [7, 11) is 0. The quantitative estimate of drug-likeness (QED) is 0.793. The molecule has 0 spiro atoms. The Bertz CT molecular complexity index is 517. The zero-order chi connectivity index (χ0) is 10.5. The molecule has 4 nitrogen and oxygen atoms in total. The van der Waals surface area contributed by atoms with Gasteiger partial charge >= 0.3 is 0 Å². The van der Waals surface area contributed by atoms with E-state index in [2.05, 4.69) is 15.2 Å². The van der Waals surface area contributed by atoms with Crippen LogP contribution in [0.15, 0.2) is 41.5 Å². The second kappa shape index (κ2) is 4.32. The number of hydrogen-bond donors (Lipinski definition) is 1. The zero-order valence-electron chi connectivity index (χ0n) is 7.92. The van der Waals surface area contributed by atoms with Crippen molar-refractivity contribution in [1.82, 2.24) is 15.2 Å². The SMILES string of the molecule is O=c1[nH]nccc1C=Cc1ccccn1. The van der Waals surface area contributed by atoms with Crippen molar-refractivity contribution in [2.24, 2.45) is 0 Å². The molecule has 15 heavy (non-hydrogen) atoms. The van der Waals surface area contributed by atoms with E-state index in [4.69, 9.17) is 0 Å². The van der Waals surface area contributed by atoms with Gasteiger partial charge in [-0.05, 0) is 30.4 Å². The van der Waals surface area contributed by atoms with Crippen molar-refractivity contribution in [3.63, 3.8) is 0 Å². The molecule has 0 amide bonds. The summed E-state index contributed by atoms with van der Waals surface area (Å²) in [6, 6.07) is 7.25. The molecule has 0 unspecified atom stereocenters. The van der Waals surface area contributed by atoms with Gasteiger partial charge in [0.05, 0.1) is 5.69 Å². The van der Waals surface area contributed by atoms with Gasteiger partial charge in [0, 0.05) is 18.0 Å². The molecule has 2 aromatic heterocycles. The van der Waals surface area contributed by atoms with Crippen molar-refractivity contribution in [3.05, 3.63) is 58.3 Å². The molecular formula is C11H9N3O. The molecule has 1 N–H and O–H groups in total. The Balaban J connectivity index is 2.27. The Morgan fingerprint density at radius 3 is 2.80 bits per heavy atom. The molecule has 0 saturated carbocycles. The lowest BCUT2D eigenvalue weighted by Crippen LogP contribution is -2.09. The molecule has 0 aliphatic rings. The Hall–Kier alpha value is -2.23. The van der Waals surface area contributed by atoms with Gasteiger partial charge < -0.3 is 0 Å². The van der Waals surface area contributed by atoms with Crippen molar-refractivity contribution < 1.29 is 0 Å². The maximum absolute atomic E-state index is 11.3. The van der Waals surface area contributed by atoms with Gasteiger partial charge in [-0.2, -0.15) is 5.10 Å². The minimum Gasteiger partial charge on any atom is -0.267 e. The molecule has 0 aliphatic carbocycles. The minimum absolute atomic E-state index is 0.204. The predicted molar refractivity (Wildman–Crippen MR) is 58.0 cm³/mol. The summed E-state index contributed by atoms with van der Waals surface area (Å²) in [5, 5.41) is 5.97. The van der Waals surface area contributed by atoms with Crippen LogP contribution in [0.2, 0.25) is 0 Å². The van der Waals surface area contributed by atoms with Gasteiger partial charge in [-0.15, -0.1) is 0 Å². The van der Waals surface area contributed by atoms with E-state index in [9.17, 15) is 4.79 Å². The van der Waals surface area contributed by atoms with Gasteiger partial charge in [-0.25, -0.2) is 5.10 Å². The van der Waals surface area contributed by atoms with Gasteiger partial charge in [0.2, 0.25) is 0 Å². The lowest BCUT2D eigenvalue weighted by atomic mass is 10.2. The van der Waals surface area contributed by atoms with Gasteiger partial charge in [0.1, 0.15) is 0 Å². The second-order valence-electron chi connectivity index (χ2n) is 2.93. The number of rotatable bonds is 2. The summed E-state index contributed by atoms with van der Waals surface area (Å²) < 4.78 is 0. The smallest absolute Gasteiger partial charge is 0.267 e. The van der Waals surface area contributed by atoms with Gasteiger partial charge in [-0.3, -0.25) is 9.78 Å². The van der Waals surface area contributed by atoms with Crippen LogP contribution in [0.5, 0.6) is 0 Å². The molecule has 0 aromatic carbocycles. The van der Waals surface area contributed by atoms with Crippen molar-refractivity contribution in [2.75, 3.05) is 0 Å². The molecule has 74 valence electrons. The number of pyridine rings is 1. The number of aromatic amines is 1. The number of nitrogens with one attached hydrogen (secondary N) is 1. The third-order valence-electron chi connectivity index (χ3n) is 1.88. The van der Waals surface area contributed by atoms with Gasteiger partial charge in [0.25, 0.3) is 5.56 Å². The molecule has 0 bridgehead atoms. The zero-order valence-corrected chi connectivity index (χ0v) is 7.92. The highest BCUT2D eigenvalue weighted by Crippen LogP contribution is 2.00. The lowest BCUT2D eigenvalue weighted by molar-refractivity contribution is 0.984. The van der Waals surface area contributed by atoms with E-state index in [0.717, 1.165) is 5.69 Å². The van der Waals surface area contributed by atoms with Crippen LogP contribution in [-0.2, 0) is 0 Å². The summed E-state index contributed by atoms with van der Waals surface area (Å²) in [5.74, 6) is 0. The molecular weight excluding hydrogens is 190 g/mol. The first-order valence-corrected chi connectivity index (χ1v) is 4.49. The predicted octanol–water partition coefficient (Wildman–Crippen LogP) is 1.34. The fraction of sp³-hybridized carbons (Fsp3) is 0. The van der Waals surface area contributed by atoms with Gasteiger partial charge in [-0.1, -0.05) is 6.07 Å². The summed E-state index contributed by atoms with van der Waals surface area (Å²) in [6.07, 6.45) is 6.74. The first kappa shape index (κ1) is 9.33. The molecule has 0 fully saturated rings. The van der Waals surface area contributed by atoms with Crippen LogP contribution in [0.1, 0.15) is 11.3 Å². The van der Waals surface area contributed by atoms with Crippen molar-refractivity contribution in [1.29, 1.82) is 0 Å². The summed E-state index contributed by atoms with van der Waals surface area (Å²) in [4.78, 5) is 15.4. The van der Waals surface area contributed by atoms with Crippen LogP contribution in [-0.4, -0.2) is 15.2 Å². The lowest BCUT2D eigenvalue weighted by Gasteiger charge is -1.91. The molecule has 2 rings (SSSR count). The van der Waals surface area contributed by atoms with Crippen molar-refractivity contribution >= 4 is 12.2 Å². The Morgan fingerprint density at radius 2 is 2.07 bits per heavy atom. The van der Waals surface area contributed by atoms with E-state index in [0.29, 0.717) is 5.56 Å². The van der Waals surface area contributed by atoms with Gasteiger partial charge in [0.15, 0.2) is 0 Å². The molecule has 2 heterocycles. The average Bonchev–Trinajstić information content (AvgIpc) is 2.29. The molecule has 2 aromatic rings. The largest absolute Gasteiger partial charge is 0.271 e. The first-order chi connectivity index (χ1) is 7.36. The Morgan fingerprint density at radius 1 is 1.13 bits per heavy atom. The third kappa shape index (κ3) is 2.37. The molecule has 0 saturated heterocycles. The fourth-order valence-corrected chi connectivity index (χ4v) is 1.13. The van der Waals surface area contributed by atoms with Crippen LogP contribution in [0.4, 0.5) is 0 Å². The summed E-state index contributed by atoms with van der Waals surface area (Å²) in [6.45, 7) is 0. The van der Waals surface area contributed by atoms with E-state index >= 15 is 0 Å². The topological polar surface area (TPSA) is 58.6 Å². The number of aromatic nitrogens is 3. The highest BCUT2D eigenvalue weighted by atomic mass is 16.1. The highest BCUT2D eigenvalue weighted by Gasteiger charge is 1.92. The number of nitrogens with zero attached hydrogens (tertiary/aromatic N) is 2. The van der Waals surface area contributed by atoms with E-state index in [1.165, 1.54) is 0 Å². The standard InChI is InChI=1S/C11H9N3O/c15-11-9(6-8-13-14-11)4-5-10-3-1-2-7-12-10/h1-8H,(H,14,15). The molecule has 4 heteroatoms. The maximum Gasteiger partial charge on any atom is 0.271 e. The summed E-state index contributed by atoms with van der Waals surface area (Å²) >= 11 is 0. The van der Waals surface area contributed by atoms with Crippen LogP contribution < -0.4 is 5.56 Å².